The van der Waals surface area contributed by atoms with E-state index in [1.165, 1.54) is 25.6 Å². The number of nitrogens with one attached hydrogen (secondary N) is 2. The molecular formula is C37H33N5O7S. The van der Waals surface area contributed by atoms with Gasteiger partial charge in [0.05, 0.1) is 43.8 Å². The third kappa shape index (κ3) is 6.30. The third-order valence-corrected chi connectivity index (χ3v) is 9.71. The number of hydrogen-bond acceptors (Lipinski definition) is 9. The van der Waals surface area contributed by atoms with Crippen molar-refractivity contribution >= 4 is 74.1 Å². The van der Waals surface area contributed by atoms with Crippen molar-refractivity contribution in [2.45, 2.75) is 25.3 Å². The summed E-state index contributed by atoms with van der Waals surface area (Å²) in [6.07, 6.45) is 4.75. The van der Waals surface area contributed by atoms with Crippen LogP contribution < -0.4 is 25.0 Å². The molecule has 0 spiro atoms. The lowest BCUT2D eigenvalue weighted by atomic mass is 10.1. The van der Waals surface area contributed by atoms with Gasteiger partial charge in [0.25, 0.3) is 11.8 Å². The molecule has 0 radical (unpaired) electrons. The van der Waals surface area contributed by atoms with E-state index in [1.54, 1.807) is 65.3 Å². The molecule has 0 saturated heterocycles. The van der Waals surface area contributed by atoms with E-state index < -0.39 is 5.97 Å². The fourth-order valence-electron chi connectivity index (χ4n) is 6.20. The van der Waals surface area contributed by atoms with E-state index in [1.807, 2.05) is 30.3 Å². The maximum absolute atomic E-state index is 13.6. The van der Waals surface area contributed by atoms with Gasteiger partial charge in [-0.25, -0.2) is 4.79 Å². The zero-order valence-corrected chi connectivity index (χ0v) is 28.3. The highest BCUT2D eigenvalue weighted by atomic mass is 32.1. The Labute approximate surface area is 291 Å². The smallest absolute Gasteiger partial charge is 0.348 e. The highest BCUT2D eigenvalue weighted by Gasteiger charge is 2.36. The molecule has 50 heavy (non-hydrogen) atoms. The van der Waals surface area contributed by atoms with E-state index in [0.29, 0.717) is 57.5 Å². The number of thiophene rings is 1. The Kier molecular flexibility index (Phi) is 8.81. The highest BCUT2D eigenvalue weighted by molar-refractivity contribution is 7.20. The van der Waals surface area contributed by atoms with Crippen molar-refractivity contribution in [1.82, 2.24) is 4.57 Å². The predicted octanol–water partition coefficient (Wildman–Crippen LogP) is 6.37. The minimum atomic E-state index is -0.408. The average Bonchev–Trinajstić information content (AvgIpc) is 3.80. The monoisotopic (exact) mass is 691 g/mol. The van der Waals surface area contributed by atoms with Crippen molar-refractivity contribution in [3.63, 3.8) is 0 Å². The summed E-state index contributed by atoms with van der Waals surface area (Å²) in [6, 6.07) is 19.8. The Balaban J connectivity index is 0.936. The van der Waals surface area contributed by atoms with Crippen LogP contribution in [0.25, 0.3) is 10.1 Å². The molecular weight excluding hydrogens is 659 g/mol. The minimum absolute atomic E-state index is 0.147. The lowest BCUT2D eigenvalue weighted by Gasteiger charge is -2.22. The lowest BCUT2D eigenvalue weighted by molar-refractivity contribution is -0.116. The molecule has 1 atom stereocenters. The first-order valence-electron chi connectivity index (χ1n) is 15.9. The van der Waals surface area contributed by atoms with Gasteiger partial charge in [-0.15, -0.1) is 11.3 Å². The van der Waals surface area contributed by atoms with Crippen LogP contribution in [0.15, 0.2) is 77.9 Å². The van der Waals surface area contributed by atoms with Gasteiger partial charge >= 0.3 is 5.97 Å². The largest absolute Gasteiger partial charge is 0.493 e. The zero-order chi connectivity index (χ0) is 34.9. The van der Waals surface area contributed by atoms with Crippen LogP contribution in [0.5, 0.6) is 11.5 Å². The molecule has 7 rings (SSSR count). The van der Waals surface area contributed by atoms with Gasteiger partial charge in [0.15, 0.2) is 11.5 Å². The molecule has 2 N–H and O–H groups in total. The van der Waals surface area contributed by atoms with Gasteiger partial charge in [-0.2, -0.15) is 0 Å². The van der Waals surface area contributed by atoms with Gasteiger partial charge in [0, 0.05) is 54.4 Å². The highest BCUT2D eigenvalue weighted by Crippen LogP contribution is 2.41. The van der Waals surface area contributed by atoms with Gasteiger partial charge in [-0.3, -0.25) is 24.3 Å². The molecule has 0 saturated carbocycles. The summed E-state index contributed by atoms with van der Waals surface area (Å²) in [5.41, 5.74) is 4.33. The van der Waals surface area contributed by atoms with Gasteiger partial charge in [-0.05, 0) is 59.8 Å². The number of aromatic nitrogens is 1. The lowest BCUT2D eigenvalue weighted by Crippen LogP contribution is -2.37. The number of amides is 3. The third-order valence-electron chi connectivity index (χ3n) is 8.62. The number of methoxy groups -OCH3 is 2. The van der Waals surface area contributed by atoms with Gasteiger partial charge in [-0.1, -0.05) is 18.2 Å². The number of hydrogen-bond donors (Lipinski definition) is 2. The number of para-hydroxylation sites is 1. The molecule has 3 aromatic carbocycles. The molecule has 12 nitrogen and oxygen atoms in total. The molecule has 0 bridgehead atoms. The summed E-state index contributed by atoms with van der Waals surface area (Å²) in [5, 5.41) is 6.53. The Hall–Kier alpha value is -5.95. The summed E-state index contributed by atoms with van der Waals surface area (Å²) in [4.78, 5) is 58.3. The number of nitrogens with zero attached hydrogens (tertiary/aromatic N) is 3. The maximum Gasteiger partial charge on any atom is 0.348 e. The number of ether oxygens (including phenoxy) is 3. The number of carbonyl (C=O) groups excluding carboxylic acids is 4. The van der Waals surface area contributed by atoms with Crippen molar-refractivity contribution in [3.05, 3.63) is 94.6 Å². The first-order chi connectivity index (χ1) is 24.2. The van der Waals surface area contributed by atoms with Crippen LogP contribution in [0.1, 0.15) is 48.9 Å². The first kappa shape index (κ1) is 32.6. The Morgan fingerprint density at radius 3 is 2.64 bits per heavy atom. The van der Waals surface area contributed by atoms with Crippen molar-refractivity contribution < 1.29 is 33.4 Å². The van der Waals surface area contributed by atoms with E-state index in [2.05, 4.69) is 15.6 Å². The Morgan fingerprint density at radius 2 is 1.82 bits per heavy atom. The Bertz CT molecular complexity index is 2200. The second kappa shape index (κ2) is 13.5. The van der Waals surface area contributed by atoms with Crippen LogP contribution in [-0.2, 0) is 23.0 Å². The van der Waals surface area contributed by atoms with Crippen LogP contribution in [0.2, 0.25) is 0 Å². The van der Waals surface area contributed by atoms with Crippen molar-refractivity contribution in [1.29, 1.82) is 0 Å². The van der Waals surface area contributed by atoms with Crippen molar-refractivity contribution in [2.75, 3.05) is 36.4 Å². The number of fused-ring (bicyclic) bond motifs is 5. The van der Waals surface area contributed by atoms with Crippen molar-refractivity contribution in [3.8, 4) is 11.5 Å². The number of esters is 1. The van der Waals surface area contributed by atoms with Crippen LogP contribution in [0.3, 0.4) is 0 Å². The standard InChI is InChI=1S/C37H33N5O7S/c1-41-20-24(16-29(41)35(44)40-23-10-11-32-22(13-23)15-33(50-32)37(46)48-3)39-34(43)9-6-12-49-31-18-27-26(17-30(31)47-2)36(45)42-25(19-38-27)14-21-7-4-5-8-28(21)42/h4-5,7-8,10-11,13,15-20,25H,6,9,12,14H2,1-3H3,(H,39,43)(H,40,44)/t25-/m0/s1. The molecule has 13 heteroatoms. The average molecular weight is 692 g/mol. The van der Waals surface area contributed by atoms with Crippen LogP contribution in [0, 0.1) is 0 Å². The molecule has 0 fully saturated rings. The minimum Gasteiger partial charge on any atom is -0.493 e. The van der Waals surface area contributed by atoms with Crippen LogP contribution in [0.4, 0.5) is 22.7 Å². The molecule has 254 valence electrons. The molecule has 5 aromatic rings. The van der Waals surface area contributed by atoms with E-state index >= 15 is 0 Å². The molecule has 0 aliphatic carbocycles. The number of rotatable bonds is 10. The van der Waals surface area contributed by atoms with E-state index in [-0.39, 0.29) is 36.8 Å². The van der Waals surface area contributed by atoms with E-state index in [0.717, 1.165) is 21.3 Å². The van der Waals surface area contributed by atoms with Crippen LogP contribution >= 0.6 is 11.3 Å². The normalized spacial score (nSPS) is 14.4. The fourth-order valence-corrected chi connectivity index (χ4v) is 7.16. The molecule has 4 heterocycles. The second-order valence-electron chi connectivity index (χ2n) is 11.9. The fraction of sp³-hybridized carbons (Fsp3) is 0.216. The predicted molar refractivity (Wildman–Crippen MR) is 192 cm³/mol. The number of benzene rings is 3. The van der Waals surface area contributed by atoms with E-state index in [4.69, 9.17) is 14.2 Å². The number of aliphatic imine (C=N–C) groups is 1. The van der Waals surface area contributed by atoms with Crippen LogP contribution in [-0.4, -0.2) is 61.3 Å². The van der Waals surface area contributed by atoms with Crippen molar-refractivity contribution in [2.24, 2.45) is 12.0 Å². The second-order valence-corrected chi connectivity index (χ2v) is 13.0. The van der Waals surface area contributed by atoms with Gasteiger partial charge < -0.3 is 29.4 Å². The topological polar surface area (TPSA) is 141 Å². The number of aryl methyl sites for hydroxylation is 1. The molecule has 3 amide bonds. The number of carbonyl (C=O) groups is 4. The summed E-state index contributed by atoms with van der Waals surface area (Å²) in [5.74, 6) is -0.311. The zero-order valence-electron chi connectivity index (χ0n) is 27.5. The molecule has 2 aromatic heterocycles. The maximum atomic E-state index is 13.6. The number of anilines is 3. The van der Waals surface area contributed by atoms with E-state index in [9.17, 15) is 19.2 Å². The summed E-state index contributed by atoms with van der Waals surface area (Å²) < 4.78 is 18.9. The molecule has 2 aliphatic heterocycles. The summed E-state index contributed by atoms with van der Waals surface area (Å²) in [6.45, 7) is 0.223. The Morgan fingerprint density at radius 1 is 0.980 bits per heavy atom. The summed E-state index contributed by atoms with van der Waals surface area (Å²) >= 11 is 1.32. The van der Waals surface area contributed by atoms with Gasteiger partial charge in [0.1, 0.15) is 10.6 Å². The molecule has 2 aliphatic rings. The summed E-state index contributed by atoms with van der Waals surface area (Å²) in [7, 11) is 4.57. The molecule has 0 unspecified atom stereocenters. The van der Waals surface area contributed by atoms with Gasteiger partial charge in [0.2, 0.25) is 5.91 Å². The first-order valence-corrected chi connectivity index (χ1v) is 16.7. The quantitative estimate of drug-likeness (QED) is 0.128. The SMILES string of the molecule is COC(=O)c1cc2cc(NC(=O)c3cc(NC(=O)CCCOc4cc5c(cc4OC)C(=O)N4c6ccccc6C[C@H]4C=N5)cn3C)ccc2s1.